The van der Waals surface area contributed by atoms with Crippen molar-refractivity contribution in [2.45, 2.75) is 11.8 Å². The Hall–Kier alpha value is -1.28. The summed E-state index contributed by atoms with van der Waals surface area (Å²) in [6, 6.07) is -1.41. The first-order valence-electron chi connectivity index (χ1n) is 2.65. The number of nitrogens with two attached hydrogens (primary N) is 2. The lowest BCUT2D eigenvalue weighted by molar-refractivity contribution is 0.372. The quantitative estimate of drug-likeness (QED) is 0.509. The van der Waals surface area contributed by atoms with Gasteiger partial charge in [0.2, 0.25) is 0 Å². The summed E-state index contributed by atoms with van der Waals surface area (Å²) in [5, 5.41) is 6.64. The van der Waals surface area contributed by atoms with Crippen molar-refractivity contribution in [3.8, 4) is 0 Å². The Morgan fingerprint density at radius 2 is 1.73 bits per heavy atom. The van der Waals surface area contributed by atoms with Crippen molar-refractivity contribution in [1.29, 1.82) is 0 Å². The zero-order valence-electron chi connectivity index (χ0n) is 5.51. The topological polar surface area (TPSA) is 140 Å². The van der Waals surface area contributed by atoms with E-state index in [1.807, 2.05) is 0 Å². The van der Waals surface area contributed by atoms with Crippen molar-refractivity contribution >= 4 is 0 Å². The monoisotopic (exact) mass is 161 g/mol. The van der Waals surface area contributed by atoms with Crippen LogP contribution in [0.1, 0.15) is 0 Å². The van der Waals surface area contributed by atoms with Crippen LogP contribution in [0.4, 0.5) is 0 Å². The molecule has 1 atom stereocenters. The fourth-order valence-corrected chi connectivity index (χ4v) is 0.432. The highest BCUT2D eigenvalue weighted by atomic mass is 16.3. The SMILES string of the molecule is NCC(N=O)C(N)(N=O)N=O. The van der Waals surface area contributed by atoms with Crippen molar-refractivity contribution < 1.29 is 0 Å². The maximum absolute atomic E-state index is 9.89. The summed E-state index contributed by atoms with van der Waals surface area (Å²) in [5.41, 5.74) is 9.88. The summed E-state index contributed by atoms with van der Waals surface area (Å²) in [6.07, 6.45) is 0. The Morgan fingerprint density at radius 3 is 1.82 bits per heavy atom. The molecule has 0 rings (SSSR count). The second-order valence-electron chi connectivity index (χ2n) is 1.82. The van der Waals surface area contributed by atoms with Crippen molar-refractivity contribution in [2.75, 3.05) is 6.54 Å². The second-order valence-corrected chi connectivity index (χ2v) is 1.82. The molecule has 8 nitrogen and oxygen atoms in total. The van der Waals surface area contributed by atoms with Gasteiger partial charge in [0.1, 0.15) is 0 Å². The molecule has 0 fully saturated rings. The number of nitrogens with zero attached hydrogens (tertiary/aromatic N) is 3. The maximum Gasteiger partial charge on any atom is 0.309 e. The normalized spacial score (nSPS) is 13.6. The zero-order valence-corrected chi connectivity index (χ0v) is 5.51. The summed E-state index contributed by atoms with van der Waals surface area (Å²) >= 11 is 0. The molecule has 0 aliphatic carbocycles. The highest BCUT2D eigenvalue weighted by Gasteiger charge is 2.39. The molecular weight excluding hydrogens is 154 g/mol. The highest BCUT2D eigenvalue weighted by Crippen LogP contribution is 2.12. The van der Waals surface area contributed by atoms with Crippen molar-refractivity contribution in [3.05, 3.63) is 14.7 Å². The average molecular weight is 161 g/mol. The van der Waals surface area contributed by atoms with Crippen molar-refractivity contribution in [2.24, 2.45) is 27.0 Å². The number of hydrogen-bond acceptors (Lipinski definition) is 8. The fourth-order valence-electron chi connectivity index (χ4n) is 0.432. The van der Waals surface area contributed by atoms with Crippen LogP contribution in [-0.2, 0) is 0 Å². The second kappa shape index (κ2) is 3.78. The lowest BCUT2D eigenvalue weighted by Gasteiger charge is -2.15. The predicted molar refractivity (Wildman–Crippen MR) is 37.1 cm³/mol. The van der Waals surface area contributed by atoms with Gasteiger partial charge in [-0.15, -0.1) is 9.81 Å². The van der Waals surface area contributed by atoms with Gasteiger partial charge in [0, 0.05) is 6.54 Å². The molecule has 11 heavy (non-hydrogen) atoms. The number of rotatable bonds is 5. The first-order valence-corrected chi connectivity index (χ1v) is 2.65. The van der Waals surface area contributed by atoms with Gasteiger partial charge >= 0.3 is 5.79 Å². The van der Waals surface area contributed by atoms with Crippen LogP contribution in [-0.4, -0.2) is 18.4 Å². The predicted octanol–water partition coefficient (Wildman–Crippen LogP) is -0.775. The third-order valence-corrected chi connectivity index (χ3v) is 1.13. The summed E-state index contributed by atoms with van der Waals surface area (Å²) in [5.74, 6) is -2.36. The van der Waals surface area contributed by atoms with Gasteiger partial charge in [-0.1, -0.05) is 5.18 Å². The van der Waals surface area contributed by atoms with Gasteiger partial charge in [-0.05, 0) is 10.4 Å². The van der Waals surface area contributed by atoms with Gasteiger partial charge in [-0.3, -0.25) is 5.73 Å². The first-order chi connectivity index (χ1) is 5.14. The molecule has 0 spiro atoms. The number of hydrogen-bond donors (Lipinski definition) is 2. The van der Waals surface area contributed by atoms with E-state index < -0.39 is 11.8 Å². The van der Waals surface area contributed by atoms with E-state index in [4.69, 9.17) is 11.5 Å². The molecule has 4 N–H and O–H groups in total. The molecule has 0 heterocycles. The number of nitroso groups, excluding NO2 is 3. The molecular formula is C3H7N5O3. The van der Waals surface area contributed by atoms with Crippen LogP contribution >= 0.6 is 0 Å². The van der Waals surface area contributed by atoms with E-state index in [1.165, 1.54) is 0 Å². The largest absolute Gasteiger partial charge is 0.328 e. The Morgan fingerprint density at radius 1 is 1.27 bits per heavy atom. The van der Waals surface area contributed by atoms with Gasteiger partial charge in [-0.2, -0.15) is 4.91 Å². The third-order valence-electron chi connectivity index (χ3n) is 1.13. The zero-order chi connectivity index (χ0) is 8.91. The molecule has 0 saturated carbocycles. The molecule has 0 aliphatic rings. The molecule has 0 bridgehead atoms. The van der Waals surface area contributed by atoms with Crippen LogP contribution in [0.2, 0.25) is 0 Å². The minimum absolute atomic E-state index is 0.350. The molecule has 0 aliphatic heterocycles. The Bertz CT molecular complexity index is 162. The minimum atomic E-state index is -2.36. The summed E-state index contributed by atoms with van der Waals surface area (Å²) in [4.78, 5) is 29.7. The van der Waals surface area contributed by atoms with E-state index >= 15 is 0 Å². The smallest absolute Gasteiger partial charge is 0.309 e. The first kappa shape index (κ1) is 9.72. The molecule has 0 radical (unpaired) electrons. The standard InChI is InChI=1S/C3H7N5O3/c4-1-2(6-9)3(5,7-10)8-11/h2H,1,4-5H2. The lowest BCUT2D eigenvalue weighted by atomic mass is 10.2. The Balaban J connectivity index is 4.56. The Kier molecular flexibility index (Phi) is 3.34. The lowest BCUT2D eigenvalue weighted by Crippen LogP contribution is -2.49. The van der Waals surface area contributed by atoms with E-state index in [9.17, 15) is 14.7 Å². The average Bonchev–Trinajstić information content (AvgIpc) is 2.06. The van der Waals surface area contributed by atoms with E-state index in [1.54, 1.807) is 0 Å². The van der Waals surface area contributed by atoms with Gasteiger partial charge in [0.05, 0.1) is 0 Å². The fraction of sp³-hybridized carbons (Fsp3) is 1.00. The maximum atomic E-state index is 9.89. The molecule has 0 aromatic heterocycles. The van der Waals surface area contributed by atoms with Crippen molar-refractivity contribution in [3.63, 3.8) is 0 Å². The van der Waals surface area contributed by atoms with E-state index in [2.05, 4.69) is 15.5 Å². The molecule has 0 saturated heterocycles. The molecule has 0 aromatic rings. The van der Waals surface area contributed by atoms with Crippen LogP contribution in [0.25, 0.3) is 0 Å². The van der Waals surface area contributed by atoms with Gasteiger partial charge in [0.15, 0.2) is 6.04 Å². The summed E-state index contributed by atoms with van der Waals surface area (Å²) < 4.78 is 0. The van der Waals surface area contributed by atoms with Gasteiger partial charge < -0.3 is 5.73 Å². The molecule has 1 unspecified atom stereocenters. The van der Waals surface area contributed by atoms with Crippen LogP contribution in [0.3, 0.4) is 0 Å². The Labute approximate surface area is 61.2 Å². The summed E-state index contributed by atoms with van der Waals surface area (Å²) in [7, 11) is 0. The van der Waals surface area contributed by atoms with Crippen LogP contribution in [0.5, 0.6) is 0 Å². The van der Waals surface area contributed by atoms with Gasteiger partial charge in [-0.25, -0.2) is 0 Å². The van der Waals surface area contributed by atoms with Crippen LogP contribution < -0.4 is 11.5 Å². The molecule has 0 aromatic carbocycles. The van der Waals surface area contributed by atoms with Crippen LogP contribution in [0.15, 0.2) is 15.5 Å². The van der Waals surface area contributed by atoms with E-state index in [-0.39, 0.29) is 6.54 Å². The highest BCUT2D eigenvalue weighted by molar-refractivity contribution is 4.91. The van der Waals surface area contributed by atoms with E-state index in [0.29, 0.717) is 0 Å². The van der Waals surface area contributed by atoms with Crippen LogP contribution in [0, 0.1) is 14.7 Å². The molecule has 62 valence electrons. The van der Waals surface area contributed by atoms with Gasteiger partial charge in [0.25, 0.3) is 0 Å². The molecule has 0 amide bonds. The molecule has 8 heteroatoms. The summed E-state index contributed by atoms with van der Waals surface area (Å²) in [6.45, 7) is -0.350. The van der Waals surface area contributed by atoms with E-state index in [0.717, 1.165) is 0 Å². The third kappa shape index (κ3) is 1.82. The minimum Gasteiger partial charge on any atom is -0.328 e. The van der Waals surface area contributed by atoms with Crippen molar-refractivity contribution in [1.82, 2.24) is 0 Å².